The van der Waals surface area contributed by atoms with Gasteiger partial charge in [0.15, 0.2) is 5.82 Å². The van der Waals surface area contributed by atoms with E-state index in [4.69, 9.17) is 0 Å². The quantitative estimate of drug-likeness (QED) is 0.699. The molecule has 8 nitrogen and oxygen atoms in total. The number of carbonyl (C=O) groups excluding carboxylic acids is 1. The lowest BCUT2D eigenvalue weighted by Gasteiger charge is -2.37. The number of rotatable bonds is 4. The molecule has 1 saturated carbocycles. The number of hydrogen-bond donors (Lipinski definition) is 3. The van der Waals surface area contributed by atoms with E-state index in [1.54, 1.807) is 6.92 Å². The third-order valence-corrected chi connectivity index (χ3v) is 5.53. The van der Waals surface area contributed by atoms with E-state index in [9.17, 15) is 18.0 Å². The molecule has 30 heavy (non-hydrogen) atoms. The lowest BCUT2D eigenvalue weighted by molar-refractivity contribution is -0.137. The van der Waals surface area contributed by atoms with Crippen molar-refractivity contribution in [1.82, 2.24) is 15.0 Å². The molecule has 1 aliphatic carbocycles. The summed E-state index contributed by atoms with van der Waals surface area (Å²) >= 11 is 0. The Morgan fingerprint density at radius 2 is 1.87 bits per heavy atom. The van der Waals surface area contributed by atoms with E-state index in [1.165, 1.54) is 6.07 Å². The minimum absolute atomic E-state index is 0.0952. The van der Waals surface area contributed by atoms with Crippen LogP contribution < -0.4 is 20.9 Å². The number of halogens is 3. The minimum Gasteiger partial charge on any atom is -0.367 e. The van der Waals surface area contributed by atoms with Gasteiger partial charge in [0.1, 0.15) is 17.5 Å². The number of alkyl halides is 3. The van der Waals surface area contributed by atoms with Gasteiger partial charge >= 0.3 is 6.18 Å². The second-order valence-electron chi connectivity index (χ2n) is 7.69. The van der Waals surface area contributed by atoms with Crippen LogP contribution in [0.25, 0.3) is 0 Å². The van der Waals surface area contributed by atoms with Crippen molar-refractivity contribution in [3.05, 3.63) is 29.6 Å². The molecule has 1 aliphatic heterocycles. The predicted octanol–water partition coefficient (Wildman–Crippen LogP) is 3.03. The largest absolute Gasteiger partial charge is 0.417 e. The van der Waals surface area contributed by atoms with Crippen LogP contribution in [0.3, 0.4) is 0 Å². The molecule has 0 unspecified atom stereocenters. The number of aromatic nitrogens is 3. The Kier molecular flexibility index (Phi) is 4.91. The number of likely N-dealkylation sites (N-methyl/N-ethyl adjacent to an activating group) is 1. The van der Waals surface area contributed by atoms with Gasteiger partial charge in [0.25, 0.3) is 0 Å². The first-order valence-electron chi connectivity index (χ1n) is 9.60. The number of carbonyl (C=O) groups is 1. The molecule has 160 valence electrons. The fraction of sp³-hybridized carbons (Fsp3) is 0.474. The zero-order valence-corrected chi connectivity index (χ0v) is 16.7. The van der Waals surface area contributed by atoms with E-state index < -0.39 is 11.7 Å². The van der Waals surface area contributed by atoms with Crippen molar-refractivity contribution in [1.29, 1.82) is 0 Å². The molecule has 3 heterocycles. The van der Waals surface area contributed by atoms with Crippen LogP contribution in [0.5, 0.6) is 0 Å². The number of nitrogens with zero attached hydrogens (tertiary/aromatic N) is 4. The van der Waals surface area contributed by atoms with E-state index >= 15 is 0 Å². The summed E-state index contributed by atoms with van der Waals surface area (Å²) in [5, 5.41) is 9.27. The average molecular weight is 421 g/mol. The summed E-state index contributed by atoms with van der Waals surface area (Å²) in [5.74, 6) is 1.47. The van der Waals surface area contributed by atoms with Crippen LogP contribution in [-0.4, -0.2) is 46.0 Å². The van der Waals surface area contributed by atoms with Gasteiger partial charge in [-0.1, -0.05) is 0 Å². The van der Waals surface area contributed by atoms with Crippen LogP contribution in [0.1, 0.15) is 31.0 Å². The Balaban J connectivity index is 1.35. The number of pyridine rings is 1. The molecular formula is C19H22F3N7O. The molecule has 0 radical (unpaired) electrons. The van der Waals surface area contributed by atoms with Crippen LogP contribution in [0.2, 0.25) is 0 Å². The molecule has 0 aromatic carbocycles. The van der Waals surface area contributed by atoms with E-state index in [2.05, 4.69) is 30.9 Å². The lowest BCUT2D eigenvalue weighted by Crippen LogP contribution is -2.46. The Morgan fingerprint density at radius 1 is 1.17 bits per heavy atom. The van der Waals surface area contributed by atoms with Crippen molar-refractivity contribution in [3.63, 3.8) is 0 Å². The predicted molar refractivity (Wildman–Crippen MR) is 107 cm³/mol. The van der Waals surface area contributed by atoms with Crippen LogP contribution in [-0.2, 0) is 11.0 Å². The topological polar surface area (TPSA) is 95.1 Å². The Labute approximate surface area is 171 Å². The van der Waals surface area contributed by atoms with Gasteiger partial charge in [0.05, 0.1) is 11.3 Å². The van der Waals surface area contributed by atoms with Crippen molar-refractivity contribution in [3.8, 4) is 0 Å². The van der Waals surface area contributed by atoms with Crippen molar-refractivity contribution >= 4 is 29.2 Å². The molecule has 1 fully saturated rings. The summed E-state index contributed by atoms with van der Waals surface area (Å²) in [4.78, 5) is 26.6. The van der Waals surface area contributed by atoms with Gasteiger partial charge in [-0.15, -0.1) is 0 Å². The molecule has 2 aromatic heterocycles. The van der Waals surface area contributed by atoms with E-state index in [1.807, 2.05) is 18.9 Å². The minimum atomic E-state index is -4.39. The molecule has 0 saturated heterocycles. The molecular weight excluding hydrogens is 399 g/mol. The van der Waals surface area contributed by atoms with Crippen molar-refractivity contribution in [2.75, 3.05) is 27.9 Å². The first-order valence-corrected chi connectivity index (χ1v) is 9.60. The lowest BCUT2D eigenvalue weighted by atomic mass is 9.87. The normalized spacial score (nSPS) is 23.3. The van der Waals surface area contributed by atoms with Gasteiger partial charge in [0, 0.05) is 25.3 Å². The van der Waals surface area contributed by atoms with Gasteiger partial charge in [-0.3, -0.25) is 4.79 Å². The average Bonchev–Trinajstić information content (AvgIpc) is 2.65. The summed E-state index contributed by atoms with van der Waals surface area (Å²) in [7, 11) is 1.82. The van der Waals surface area contributed by atoms with E-state index in [0.29, 0.717) is 29.0 Å². The number of hydrogen-bond acceptors (Lipinski definition) is 7. The highest BCUT2D eigenvalue weighted by atomic mass is 19.4. The molecule has 0 spiro atoms. The first-order chi connectivity index (χ1) is 14.1. The van der Waals surface area contributed by atoms with Crippen LogP contribution in [0, 0.1) is 6.92 Å². The highest BCUT2D eigenvalue weighted by Crippen LogP contribution is 2.34. The third kappa shape index (κ3) is 3.83. The summed E-state index contributed by atoms with van der Waals surface area (Å²) in [5.41, 5.74) is 0.529. The third-order valence-electron chi connectivity index (χ3n) is 5.53. The highest BCUT2D eigenvalue weighted by molar-refractivity contribution is 6.03. The number of aryl methyl sites for hydroxylation is 1. The smallest absolute Gasteiger partial charge is 0.367 e. The maximum absolute atomic E-state index is 12.6. The number of fused-ring (bicyclic) bond motifs is 1. The molecule has 11 heteroatoms. The molecule has 2 aliphatic rings. The van der Waals surface area contributed by atoms with Crippen LogP contribution >= 0.6 is 0 Å². The van der Waals surface area contributed by atoms with Gasteiger partial charge in [0.2, 0.25) is 11.9 Å². The molecule has 0 bridgehead atoms. The zero-order valence-electron chi connectivity index (χ0n) is 16.7. The fourth-order valence-corrected chi connectivity index (χ4v) is 3.50. The number of anilines is 4. The maximum Gasteiger partial charge on any atom is 0.417 e. The van der Waals surface area contributed by atoms with Gasteiger partial charge in [-0.05, 0) is 38.8 Å². The fourth-order valence-electron chi connectivity index (χ4n) is 3.50. The second-order valence-corrected chi connectivity index (χ2v) is 7.69. The Hall–Kier alpha value is -3.11. The first kappa shape index (κ1) is 20.2. The molecule has 1 atom stereocenters. The van der Waals surface area contributed by atoms with Gasteiger partial charge in [-0.2, -0.15) is 18.2 Å². The van der Waals surface area contributed by atoms with Crippen LogP contribution in [0.4, 0.5) is 36.4 Å². The molecule has 3 N–H and O–H groups in total. The Bertz CT molecular complexity index is 958. The molecule has 4 rings (SSSR count). The van der Waals surface area contributed by atoms with Gasteiger partial charge < -0.3 is 20.9 Å². The Morgan fingerprint density at radius 3 is 2.50 bits per heavy atom. The number of nitrogens with one attached hydrogen (secondary N) is 3. The second kappa shape index (κ2) is 7.29. The van der Waals surface area contributed by atoms with Crippen molar-refractivity contribution in [2.45, 2.75) is 51.0 Å². The highest BCUT2D eigenvalue weighted by Gasteiger charge is 2.34. The molecule has 1 amide bonds. The SMILES string of the molecule is Cc1nc(N[C@H]2C[C@@H](Nc3ccc(C(F)(F)F)cn3)C2)nc2c1NC(=O)[C@H](C)N2C. The maximum atomic E-state index is 12.6. The van der Waals surface area contributed by atoms with Crippen LogP contribution in [0.15, 0.2) is 18.3 Å². The van der Waals surface area contributed by atoms with Crippen molar-refractivity contribution in [2.24, 2.45) is 0 Å². The summed E-state index contributed by atoms with van der Waals surface area (Å²) in [6.07, 6.45) is -2.05. The summed E-state index contributed by atoms with van der Waals surface area (Å²) < 4.78 is 37.8. The monoisotopic (exact) mass is 421 g/mol. The van der Waals surface area contributed by atoms with E-state index in [-0.39, 0.29) is 24.0 Å². The molecule has 2 aromatic rings. The van der Waals surface area contributed by atoms with Crippen molar-refractivity contribution < 1.29 is 18.0 Å². The standard InChI is InChI=1S/C19H22F3N7O/c1-9-15-16(29(3)10(2)17(30)27-15)28-18(24-9)26-13-6-12(7-13)25-14-5-4-11(8-23-14)19(20,21)22/h4-5,8,10,12-13H,6-7H2,1-3H3,(H,23,25)(H,27,30)(H,24,26,28)/t10-,12-,13+/m0/s1. The van der Waals surface area contributed by atoms with E-state index in [0.717, 1.165) is 25.1 Å². The summed E-state index contributed by atoms with van der Waals surface area (Å²) in [6, 6.07) is 2.27. The summed E-state index contributed by atoms with van der Waals surface area (Å²) in [6.45, 7) is 3.62. The number of amides is 1. The zero-order chi connectivity index (χ0) is 21.6. The van der Waals surface area contributed by atoms with Gasteiger partial charge in [-0.25, -0.2) is 9.97 Å².